The molecule has 0 atom stereocenters. The van der Waals surface area contributed by atoms with Crippen LogP contribution in [-0.2, 0) is 11.2 Å². The fraction of sp³-hybridized carbons (Fsp3) is 0.345. The maximum absolute atomic E-state index is 14.8. The lowest BCUT2D eigenvalue weighted by atomic mass is 9.82. The molecule has 0 heterocycles. The zero-order chi connectivity index (χ0) is 25.1. The molecule has 3 aromatic carbocycles. The first kappa shape index (κ1) is 25.0. The summed E-state index contributed by atoms with van der Waals surface area (Å²) >= 11 is 0. The zero-order valence-electron chi connectivity index (χ0n) is 19.8. The van der Waals surface area contributed by atoms with Crippen LogP contribution in [0.15, 0.2) is 48.5 Å². The van der Waals surface area contributed by atoms with E-state index in [2.05, 4.69) is 6.92 Å². The Labute approximate surface area is 202 Å². The van der Waals surface area contributed by atoms with Gasteiger partial charge < -0.3 is 4.74 Å². The molecule has 0 aromatic heterocycles. The molecule has 0 spiro atoms. The summed E-state index contributed by atoms with van der Waals surface area (Å²) in [7, 11) is 0. The molecule has 1 aliphatic rings. The number of hydrogen-bond acceptors (Lipinski definition) is 2. The molecule has 0 saturated heterocycles. The Morgan fingerprint density at radius 2 is 1.51 bits per heavy atom. The van der Waals surface area contributed by atoms with Crippen LogP contribution in [0.4, 0.5) is 17.6 Å². The van der Waals surface area contributed by atoms with Gasteiger partial charge in [0.15, 0.2) is 23.3 Å². The summed E-state index contributed by atoms with van der Waals surface area (Å²) < 4.78 is 63.3. The van der Waals surface area contributed by atoms with E-state index in [0.29, 0.717) is 36.8 Å². The van der Waals surface area contributed by atoms with E-state index >= 15 is 0 Å². The van der Waals surface area contributed by atoms with Gasteiger partial charge in [0, 0.05) is 5.56 Å². The monoisotopic (exact) mass is 484 g/mol. The Kier molecular flexibility index (Phi) is 7.58. The summed E-state index contributed by atoms with van der Waals surface area (Å²) in [6.45, 7) is 3.58. The van der Waals surface area contributed by atoms with E-state index in [1.807, 2.05) is 12.1 Å². The lowest BCUT2D eigenvalue weighted by Crippen LogP contribution is -2.25. The molecule has 1 saturated carbocycles. The molecule has 0 N–H and O–H groups in total. The van der Waals surface area contributed by atoms with Crippen molar-refractivity contribution in [2.45, 2.75) is 64.4 Å². The van der Waals surface area contributed by atoms with Gasteiger partial charge in [-0.2, -0.15) is 0 Å². The molecule has 3 aromatic rings. The lowest BCUT2D eigenvalue weighted by Gasteiger charge is -2.29. The minimum atomic E-state index is -1.24. The Balaban J connectivity index is 1.41. The number of ether oxygens (including phenoxy) is 1. The standard InChI is InChI=1S/C29H28F4O2/c1-3-4-18-6-8-19(9-7-18)23-15-16-24(28(33)27(23)32)29(34)35-21-12-10-20(11-13-21)22-14-5-17(2)25(30)26(22)31/h5-9,14-16,20-21H,3-4,10-13H2,1-2H3. The molecule has 0 aliphatic heterocycles. The predicted molar refractivity (Wildman–Crippen MR) is 127 cm³/mol. The van der Waals surface area contributed by atoms with E-state index < -0.39 is 40.9 Å². The maximum Gasteiger partial charge on any atom is 0.341 e. The van der Waals surface area contributed by atoms with E-state index in [1.165, 1.54) is 19.1 Å². The normalized spacial score (nSPS) is 17.9. The third kappa shape index (κ3) is 5.26. The van der Waals surface area contributed by atoms with Gasteiger partial charge in [0.1, 0.15) is 6.10 Å². The van der Waals surface area contributed by atoms with Gasteiger partial charge in [0.2, 0.25) is 0 Å². The van der Waals surface area contributed by atoms with Gasteiger partial charge in [-0.05, 0) is 73.3 Å². The molecule has 0 bridgehead atoms. The van der Waals surface area contributed by atoms with Crippen LogP contribution in [-0.4, -0.2) is 12.1 Å². The quantitative estimate of drug-likeness (QED) is 0.261. The SMILES string of the molecule is CCCc1ccc(-c2ccc(C(=O)OC3CCC(c4ccc(C)c(F)c4F)CC3)c(F)c2F)cc1. The molecule has 2 nitrogen and oxygen atoms in total. The average Bonchev–Trinajstić information content (AvgIpc) is 2.86. The average molecular weight is 485 g/mol. The van der Waals surface area contributed by atoms with Crippen molar-refractivity contribution in [3.8, 4) is 11.1 Å². The fourth-order valence-corrected chi connectivity index (χ4v) is 4.75. The van der Waals surface area contributed by atoms with Gasteiger partial charge in [0.25, 0.3) is 0 Å². The number of benzene rings is 3. The van der Waals surface area contributed by atoms with E-state index in [-0.39, 0.29) is 17.0 Å². The number of aryl methyl sites for hydroxylation is 2. The fourth-order valence-electron chi connectivity index (χ4n) is 4.75. The Morgan fingerprint density at radius 3 is 2.17 bits per heavy atom. The van der Waals surface area contributed by atoms with Crippen LogP contribution in [0.1, 0.15) is 72.0 Å². The minimum Gasteiger partial charge on any atom is -0.459 e. The highest BCUT2D eigenvalue weighted by molar-refractivity contribution is 5.90. The lowest BCUT2D eigenvalue weighted by molar-refractivity contribution is 0.0188. The van der Waals surface area contributed by atoms with Gasteiger partial charge in [0.05, 0.1) is 5.56 Å². The van der Waals surface area contributed by atoms with E-state index in [0.717, 1.165) is 18.4 Å². The van der Waals surface area contributed by atoms with Crippen LogP contribution in [0.5, 0.6) is 0 Å². The smallest absolute Gasteiger partial charge is 0.341 e. The van der Waals surface area contributed by atoms with Crippen LogP contribution in [0.3, 0.4) is 0 Å². The van der Waals surface area contributed by atoms with Crippen molar-refractivity contribution >= 4 is 5.97 Å². The van der Waals surface area contributed by atoms with Gasteiger partial charge in [-0.1, -0.05) is 55.8 Å². The molecule has 6 heteroatoms. The van der Waals surface area contributed by atoms with Crippen LogP contribution >= 0.6 is 0 Å². The summed E-state index contributed by atoms with van der Waals surface area (Å²) in [6.07, 6.45) is 3.26. The summed E-state index contributed by atoms with van der Waals surface area (Å²) in [5.74, 6) is -5.12. The largest absolute Gasteiger partial charge is 0.459 e. The van der Waals surface area contributed by atoms with Gasteiger partial charge in [-0.25, -0.2) is 22.4 Å². The summed E-state index contributed by atoms with van der Waals surface area (Å²) in [6, 6.07) is 13.0. The molecular formula is C29H28F4O2. The molecule has 35 heavy (non-hydrogen) atoms. The van der Waals surface area contributed by atoms with Crippen LogP contribution in [0, 0.1) is 30.2 Å². The third-order valence-electron chi connectivity index (χ3n) is 6.80. The van der Waals surface area contributed by atoms with Gasteiger partial charge in [-0.3, -0.25) is 0 Å². The first-order chi connectivity index (χ1) is 16.8. The molecule has 1 aliphatic carbocycles. The second-order valence-corrected chi connectivity index (χ2v) is 9.21. The second-order valence-electron chi connectivity index (χ2n) is 9.21. The van der Waals surface area contributed by atoms with Crippen LogP contribution < -0.4 is 0 Å². The first-order valence-electron chi connectivity index (χ1n) is 12.0. The van der Waals surface area contributed by atoms with E-state index in [4.69, 9.17) is 4.74 Å². The maximum atomic E-state index is 14.8. The van der Waals surface area contributed by atoms with Gasteiger partial charge in [-0.15, -0.1) is 0 Å². The molecule has 0 radical (unpaired) electrons. The third-order valence-corrected chi connectivity index (χ3v) is 6.80. The zero-order valence-corrected chi connectivity index (χ0v) is 19.8. The first-order valence-corrected chi connectivity index (χ1v) is 12.0. The number of hydrogen-bond donors (Lipinski definition) is 0. The Hall–Kier alpha value is -3.15. The summed E-state index contributed by atoms with van der Waals surface area (Å²) in [5.41, 5.74) is 1.84. The molecule has 1 fully saturated rings. The molecule has 0 unspecified atom stereocenters. The topological polar surface area (TPSA) is 26.3 Å². The second kappa shape index (κ2) is 10.6. The van der Waals surface area contributed by atoms with Crippen molar-refractivity contribution in [2.24, 2.45) is 0 Å². The van der Waals surface area contributed by atoms with Crippen LogP contribution in [0.25, 0.3) is 11.1 Å². The van der Waals surface area contributed by atoms with Crippen molar-refractivity contribution < 1.29 is 27.1 Å². The van der Waals surface area contributed by atoms with Gasteiger partial charge >= 0.3 is 5.97 Å². The molecule has 0 amide bonds. The highest BCUT2D eigenvalue weighted by Gasteiger charge is 2.29. The number of esters is 1. The molecule has 184 valence electrons. The molecule has 4 rings (SSSR count). The number of rotatable bonds is 6. The Morgan fingerprint density at radius 1 is 0.829 bits per heavy atom. The van der Waals surface area contributed by atoms with Crippen molar-refractivity contribution in [2.75, 3.05) is 0 Å². The van der Waals surface area contributed by atoms with E-state index in [9.17, 15) is 22.4 Å². The number of carbonyl (C=O) groups excluding carboxylic acids is 1. The summed E-state index contributed by atoms with van der Waals surface area (Å²) in [4.78, 5) is 12.6. The van der Waals surface area contributed by atoms with Crippen LogP contribution in [0.2, 0.25) is 0 Å². The highest BCUT2D eigenvalue weighted by atomic mass is 19.2. The Bertz CT molecular complexity index is 1210. The number of carbonyl (C=O) groups is 1. The minimum absolute atomic E-state index is 0.0787. The molecular weight excluding hydrogens is 456 g/mol. The van der Waals surface area contributed by atoms with Crippen molar-refractivity contribution in [1.82, 2.24) is 0 Å². The van der Waals surface area contributed by atoms with E-state index in [1.54, 1.807) is 24.3 Å². The van der Waals surface area contributed by atoms with Crippen molar-refractivity contribution in [1.29, 1.82) is 0 Å². The highest BCUT2D eigenvalue weighted by Crippen LogP contribution is 2.37. The number of halogens is 4. The predicted octanol–water partition coefficient (Wildman–Crippen LogP) is 8.05. The van der Waals surface area contributed by atoms with Crippen molar-refractivity contribution in [3.63, 3.8) is 0 Å². The summed E-state index contributed by atoms with van der Waals surface area (Å²) in [5, 5.41) is 0. The van der Waals surface area contributed by atoms with Crippen molar-refractivity contribution in [3.05, 3.63) is 94.1 Å².